The van der Waals surface area contributed by atoms with Crippen molar-refractivity contribution in [2.24, 2.45) is 0 Å². The molecule has 3 aromatic carbocycles. The van der Waals surface area contributed by atoms with Gasteiger partial charge in [-0.2, -0.15) is 0 Å². The van der Waals surface area contributed by atoms with Gasteiger partial charge < -0.3 is 9.73 Å². The molecule has 0 spiro atoms. The summed E-state index contributed by atoms with van der Waals surface area (Å²) in [5.74, 6) is 0.733. The fourth-order valence-electron chi connectivity index (χ4n) is 2.91. The molecule has 1 heterocycles. The summed E-state index contributed by atoms with van der Waals surface area (Å²) >= 11 is 5.87. The molecule has 4 aromatic rings. The number of hydrogen-bond acceptors (Lipinski definition) is 4. The standard InChI is InChI=1S/C23H18ClN3O2/c1-15-4-2-3-5-20(15)23-27-26-22(29-23)18-10-8-17(9-11-18)21(28)25-14-16-6-12-19(24)13-7-16/h2-13H,14H2,1H3,(H,25,28). The van der Waals surface area contributed by atoms with Crippen LogP contribution < -0.4 is 5.32 Å². The van der Waals surface area contributed by atoms with E-state index in [9.17, 15) is 4.79 Å². The minimum Gasteiger partial charge on any atom is -0.416 e. The zero-order chi connectivity index (χ0) is 20.2. The van der Waals surface area contributed by atoms with Crippen molar-refractivity contribution in [2.45, 2.75) is 13.5 Å². The van der Waals surface area contributed by atoms with Crippen LogP contribution in [0.5, 0.6) is 0 Å². The third-order valence-electron chi connectivity index (χ3n) is 4.56. The molecule has 5 nitrogen and oxygen atoms in total. The minimum absolute atomic E-state index is 0.155. The van der Waals surface area contributed by atoms with Gasteiger partial charge in [-0.1, -0.05) is 41.9 Å². The Hall–Kier alpha value is -3.44. The number of nitrogens with one attached hydrogen (secondary N) is 1. The van der Waals surface area contributed by atoms with Crippen molar-refractivity contribution in [3.05, 3.63) is 94.5 Å². The fourth-order valence-corrected chi connectivity index (χ4v) is 3.04. The summed E-state index contributed by atoms with van der Waals surface area (Å²) in [6, 6.07) is 22.3. The van der Waals surface area contributed by atoms with Gasteiger partial charge in [0, 0.05) is 28.3 Å². The van der Waals surface area contributed by atoms with Gasteiger partial charge in [-0.3, -0.25) is 4.79 Å². The van der Waals surface area contributed by atoms with Crippen molar-refractivity contribution in [3.8, 4) is 22.9 Å². The Morgan fingerprint density at radius 3 is 2.34 bits per heavy atom. The molecule has 29 heavy (non-hydrogen) atoms. The molecule has 1 N–H and O–H groups in total. The first kappa shape index (κ1) is 18.9. The molecular formula is C23H18ClN3O2. The number of nitrogens with zero attached hydrogens (tertiary/aromatic N) is 2. The van der Waals surface area contributed by atoms with Crippen LogP contribution in [0.1, 0.15) is 21.5 Å². The van der Waals surface area contributed by atoms with Crippen molar-refractivity contribution in [2.75, 3.05) is 0 Å². The van der Waals surface area contributed by atoms with E-state index in [2.05, 4.69) is 15.5 Å². The maximum Gasteiger partial charge on any atom is 0.251 e. The third-order valence-corrected chi connectivity index (χ3v) is 4.81. The number of hydrogen-bond donors (Lipinski definition) is 1. The molecule has 0 aliphatic carbocycles. The van der Waals surface area contributed by atoms with Crippen LogP contribution in [0.3, 0.4) is 0 Å². The van der Waals surface area contributed by atoms with Gasteiger partial charge in [0.05, 0.1) is 0 Å². The molecule has 4 rings (SSSR count). The second-order valence-corrected chi connectivity index (χ2v) is 7.05. The van der Waals surface area contributed by atoms with E-state index < -0.39 is 0 Å². The Labute approximate surface area is 173 Å². The molecule has 0 fully saturated rings. The normalized spacial score (nSPS) is 10.7. The maximum atomic E-state index is 12.4. The van der Waals surface area contributed by atoms with E-state index in [1.807, 2.05) is 43.3 Å². The smallest absolute Gasteiger partial charge is 0.251 e. The van der Waals surface area contributed by atoms with Gasteiger partial charge in [0.15, 0.2) is 0 Å². The summed E-state index contributed by atoms with van der Waals surface area (Å²) in [4.78, 5) is 12.4. The van der Waals surface area contributed by atoms with Crippen molar-refractivity contribution in [3.63, 3.8) is 0 Å². The third kappa shape index (κ3) is 4.36. The maximum absolute atomic E-state index is 12.4. The average Bonchev–Trinajstić information content (AvgIpc) is 3.23. The van der Waals surface area contributed by atoms with Crippen LogP contribution in [0.15, 0.2) is 77.2 Å². The molecule has 0 atom stereocenters. The predicted octanol–water partition coefficient (Wildman–Crippen LogP) is 5.30. The topological polar surface area (TPSA) is 68.0 Å². The van der Waals surface area contributed by atoms with Crippen LogP contribution in [-0.4, -0.2) is 16.1 Å². The number of carbonyl (C=O) groups is 1. The molecule has 0 saturated carbocycles. The van der Waals surface area contributed by atoms with E-state index in [0.29, 0.717) is 28.9 Å². The van der Waals surface area contributed by atoms with E-state index in [1.54, 1.807) is 36.4 Å². The zero-order valence-corrected chi connectivity index (χ0v) is 16.5. The highest BCUT2D eigenvalue weighted by Crippen LogP contribution is 2.26. The van der Waals surface area contributed by atoms with Crippen molar-refractivity contribution in [1.82, 2.24) is 15.5 Å². The lowest BCUT2D eigenvalue weighted by molar-refractivity contribution is 0.0951. The van der Waals surface area contributed by atoms with E-state index in [1.165, 1.54) is 0 Å². The molecule has 0 aliphatic rings. The molecule has 1 aromatic heterocycles. The number of aryl methyl sites for hydroxylation is 1. The molecule has 6 heteroatoms. The van der Waals surface area contributed by atoms with Crippen LogP contribution in [0, 0.1) is 6.92 Å². The lowest BCUT2D eigenvalue weighted by atomic mass is 10.1. The number of amides is 1. The van der Waals surface area contributed by atoms with Crippen molar-refractivity contribution < 1.29 is 9.21 Å². The van der Waals surface area contributed by atoms with Crippen molar-refractivity contribution in [1.29, 1.82) is 0 Å². The summed E-state index contributed by atoms with van der Waals surface area (Å²) in [7, 11) is 0. The van der Waals surface area contributed by atoms with E-state index in [4.69, 9.17) is 16.0 Å². The van der Waals surface area contributed by atoms with Gasteiger partial charge in [-0.25, -0.2) is 0 Å². The van der Waals surface area contributed by atoms with Gasteiger partial charge in [0.1, 0.15) is 0 Å². The lowest BCUT2D eigenvalue weighted by Gasteiger charge is -2.06. The van der Waals surface area contributed by atoms with Crippen molar-refractivity contribution >= 4 is 17.5 Å². The number of aromatic nitrogens is 2. The number of benzene rings is 3. The monoisotopic (exact) mass is 403 g/mol. The van der Waals surface area contributed by atoms with Crippen LogP contribution in [-0.2, 0) is 6.54 Å². The summed E-state index contributed by atoms with van der Waals surface area (Å²) in [5, 5.41) is 11.8. The van der Waals surface area contributed by atoms with Gasteiger partial charge in [0.25, 0.3) is 5.91 Å². The van der Waals surface area contributed by atoms with Gasteiger partial charge in [0.2, 0.25) is 11.8 Å². The van der Waals surface area contributed by atoms with Crippen LogP contribution in [0.4, 0.5) is 0 Å². The van der Waals surface area contributed by atoms with Gasteiger partial charge in [-0.15, -0.1) is 10.2 Å². The zero-order valence-electron chi connectivity index (χ0n) is 15.7. The highest BCUT2D eigenvalue weighted by molar-refractivity contribution is 6.30. The van der Waals surface area contributed by atoms with Gasteiger partial charge in [-0.05, 0) is 60.5 Å². The van der Waals surface area contributed by atoms with E-state index in [-0.39, 0.29) is 5.91 Å². The first-order valence-electron chi connectivity index (χ1n) is 9.13. The second-order valence-electron chi connectivity index (χ2n) is 6.61. The Morgan fingerprint density at radius 2 is 1.62 bits per heavy atom. The Bertz CT molecular complexity index is 1140. The summed E-state index contributed by atoms with van der Waals surface area (Å²) in [6.07, 6.45) is 0. The summed E-state index contributed by atoms with van der Waals surface area (Å²) in [5.41, 5.74) is 4.27. The molecular weight excluding hydrogens is 386 g/mol. The summed E-state index contributed by atoms with van der Waals surface area (Å²) in [6.45, 7) is 2.43. The van der Waals surface area contributed by atoms with E-state index >= 15 is 0 Å². The minimum atomic E-state index is -0.155. The van der Waals surface area contributed by atoms with Gasteiger partial charge >= 0.3 is 0 Å². The second kappa shape index (κ2) is 8.29. The van der Waals surface area contributed by atoms with Crippen LogP contribution >= 0.6 is 11.6 Å². The Morgan fingerprint density at radius 1 is 0.931 bits per heavy atom. The first-order valence-corrected chi connectivity index (χ1v) is 9.50. The lowest BCUT2D eigenvalue weighted by Crippen LogP contribution is -2.22. The fraction of sp³-hybridized carbons (Fsp3) is 0.0870. The summed E-state index contributed by atoms with van der Waals surface area (Å²) < 4.78 is 5.82. The number of rotatable bonds is 5. The first-order chi connectivity index (χ1) is 14.1. The molecule has 0 radical (unpaired) electrons. The van der Waals surface area contributed by atoms with Crippen LogP contribution in [0.2, 0.25) is 5.02 Å². The largest absolute Gasteiger partial charge is 0.416 e. The molecule has 0 bridgehead atoms. The Kier molecular flexibility index (Phi) is 5.40. The number of carbonyl (C=O) groups excluding carboxylic acids is 1. The molecule has 0 aliphatic heterocycles. The SMILES string of the molecule is Cc1ccccc1-c1nnc(-c2ccc(C(=O)NCc3ccc(Cl)cc3)cc2)o1. The molecule has 0 saturated heterocycles. The highest BCUT2D eigenvalue weighted by Gasteiger charge is 2.13. The quantitative estimate of drug-likeness (QED) is 0.491. The van der Waals surface area contributed by atoms with Crippen LogP contribution in [0.25, 0.3) is 22.9 Å². The Balaban J connectivity index is 1.44. The molecule has 144 valence electrons. The average molecular weight is 404 g/mol. The van der Waals surface area contributed by atoms with E-state index in [0.717, 1.165) is 22.3 Å². The molecule has 0 unspecified atom stereocenters. The molecule has 1 amide bonds. The number of halogens is 1. The predicted molar refractivity (Wildman–Crippen MR) is 113 cm³/mol. The highest BCUT2D eigenvalue weighted by atomic mass is 35.5.